The lowest BCUT2D eigenvalue weighted by Gasteiger charge is -2.11. The molecule has 0 aliphatic heterocycles. The van der Waals surface area contributed by atoms with Gasteiger partial charge >= 0.3 is 0 Å². The smallest absolute Gasteiger partial charge is 0.274 e. The average Bonchev–Trinajstić information content (AvgIpc) is 2.69. The zero-order valence-corrected chi connectivity index (χ0v) is 16.1. The van der Waals surface area contributed by atoms with E-state index in [2.05, 4.69) is 25.9 Å². The minimum atomic E-state index is -0.380. The molecule has 148 valence electrons. The summed E-state index contributed by atoms with van der Waals surface area (Å²) in [6.07, 6.45) is 1.31. The molecule has 1 aromatic heterocycles. The third-order valence-corrected chi connectivity index (χ3v) is 3.79. The van der Waals surface area contributed by atoms with Crippen LogP contribution in [0.5, 0.6) is 5.75 Å². The molecule has 2 aromatic carbocycles. The monoisotopic (exact) mass is 391 g/mol. The first-order chi connectivity index (χ1) is 14.0. The Kier molecular flexibility index (Phi) is 6.36. The third-order valence-electron chi connectivity index (χ3n) is 3.79. The van der Waals surface area contributed by atoms with Gasteiger partial charge in [0.25, 0.3) is 5.91 Å². The van der Waals surface area contributed by atoms with Gasteiger partial charge in [0, 0.05) is 24.4 Å². The Morgan fingerprint density at radius 3 is 2.55 bits per heavy atom. The minimum Gasteiger partial charge on any atom is -0.492 e. The fraction of sp³-hybridized carbons (Fsp3) is 0.143. The van der Waals surface area contributed by atoms with Crippen molar-refractivity contribution < 1.29 is 14.3 Å². The van der Waals surface area contributed by atoms with Gasteiger partial charge in [0.05, 0.1) is 12.3 Å². The number of ether oxygens (including phenoxy) is 1. The van der Waals surface area contributed by atoms with Crippen LogP contribution >= 0.6 is 0 Å². The molecule has 3 N–H and O–H groups in total. The number of nitrogens with one attached hydrogen (secondary N) is 3. The van der Waals surface area contributed by atoms with Crippen LogP contribution in [-0.2, 0) is 4.79 Å². The van der Waals surface area contributed by atoms with E-state index < -0.39 is 0 Å². The number of rotatable bonds is 7. The summed E-state index contributed by atoms with van der Waals surface area (Å²) in [7, 11) is 0. The van der Waals surface area contributed by atoms with Crippen molar-refractivity contribution in [3.05, 3.63) is 66.6 Å². The Morgan fingerprint density at radius 2 is 1.76 bits per heavy atom. The van der Waals surface area contributed by atoms with Gasteiger partial charge < -0.3 is 20.7 Å². The van der Waals surface area contributed by atoms with Gasteiger partial charge in [0.15, 0.2) is 0 Å². The molecule has 8 heteroatoms. The lowest BCUT2D eigenvalue weighted by molar-refractivity contribution is -0.114. The predicted octanol–water partition coefficient (Wildman–Crippen LogP) is 3.83. The van der Waals surface area contributed by atoms with Gasteiger partial charge in [0.1, 0.15) is 23.6 Å². The minimum absolute atomic E-state index is 0.157. The largest absolute Gasteiger partial charge is 0.492 e. The number of carbonyl (C=O) groups excluding carboxylic acids is 2. The maximum atomic E-state index is 12.6. The van der Waals surface area contributed by atoms with Crippen LogP contribution in [0, 0.1) is 0 Å². The van der Waals surface area contributed by atoms with Crippen molar-refractivity contribution in [2.24, 2.45) is 0 Å². The van der Waals surface area contributed by atoms with Gasteiger partial charge in [-0.3, -0.25) is 9.59 Å². The molecule has 1 heterocycles. The zero-order chi connectivity index (χ0) is 20.6. The summed E-state index contributed by atoms with van der Waals surface area (Å²) >= 11 is 0. The highest BCUT2D eigenvalue weighted by Crippen LogP contribution is 2.24. The van der Waals surface area contributed by atoms with E-state index in [1.54, 1.807) is 36.4 Å². The summed E-state index contributed by atoms with van der Waals surface area (Å²) in [5.74, 6) is 0.499. The number of para-hydroxylation sites is 2. The van der Waals surface area contributed by atoms with E-state index in [1.807, 2.05) is 25.1 Å². The number of nitrogens with zero attached hydrogens (tertiary/aromatic N) is 2. The number of amides is 2. The summed E-state index contributed by atoms with van der Waals surface area (Å²) in [5, 5.41) is 8.62. The highest BCUT2D eigenvalue weighted by atomic mass is 16.5. The van der Waals surface area contributed by atoms with Crippen molar-refractivity contribution >= 4 is 34.7 Å². The number of anilines is 4. The normalized spacial score (nSPS) is 10.1. The molecule has 0 unspecified atom stereocenters. The molecule has 3 rings (SSSR count). The summed E-state index contributed by atoms with van der Waals surface area (Å²) in [6.45, 7) is 3.81. The Balaban J connectivity index is 1.74. The second kappa shape index (κ2) is 9.32. The van der Waals surface area contributed by atoms with E-state index in [1.165, 1.54) is 13.3 Å². The predicted molar refractivity (Wildman–Crippen MR) is 112 cm³/mol. The summed E-state index contributed by atoms with van der Waals surface area (Å²) in [5.41, 5.74) is 2.13. The zero-order valence-electron chi connectivity index (χ0n) is 16.1. The van der Waals surface area contributed by atoms with Crippen LogP contribution in [0.1, 0.15) is 24.3 Å². The van der Waals surface area contributed by atoms with Crippen molar-refractivity contribution in [1.29, 1.82) is 0 Å². The van der Waals surface area contributed by atoms with Gasteiger partial charge in [-0.15, -0.1) is 0 Å². The van der Waals surface area contributed by atoms with Gasteiger partial charge in [-0.2, -0.15) is 0 Å². The molecule has 0 atom stereocenters. The quantitative estimate of drug-likeness (QED) is 0.565. The molecule has 0 fully saturated rings. The first-order valence-corrected chi connectivity index (χ1v) is 9.05. The lowest BCUT2D eigenvalue weighted by atomic mass is 10.2. The standard InChI is InChI=1S/C21H21N5O3/c1-3-29-19-10-5-4-9-17(19)26-21(28)18-12-20(23-13-22-18)25-16-8-6-7-15(11-16)24-14(2)27/h4-13H,3H2,1-2H3,(H,24,27)(H,26,28)(H,22,23,25). The topological polar surface area (TPSA) is 105 Å². The first kappa shape index (κ1) is 19.8. The number of aromatic nitrogens is 2. The van der Waals surface area contributed by atoms with Crippen LogP contribution in [0.2, 0.25) is 0 Å². The Morgan fingerprint density at radius 1 is 0.966 bits per heavy atom. The van der Waals surface area contributed by atoms with Crippen LogP contribution in [0.3, 0.4) is 0 Å². The third kappa shape index (κ3) is 5.52. The number of hydrogen-bond acceptors (Lipinski definition) is 6. The van der Waals surface area contributed by atoms with E-state index in [0.717, 1.165) is 0 Å². The molecule has 0 aliphatic rings. The number of hydrogen-bond donors (Lipinski definition) is 3. The molecule has 3 aromatic rings. The van der Waals surface area contributed by atoms with Crippen molar-refractivity contribution in [3.8, 4) is 5.75 Å². The molecule has 0 bridgehead atoms. The second-order valence-corrected chi connectivity index (χ2v) is 6.06. The summed E-state index contributed by atoms with van der Waals surface area (Å²) in [6, 6.07) is 15.9. The Labute approximate surface area is 168 Å². The molecule has 2 amide bonds. The molecule has 29 heavy (non-hydrogen) atoms. The van der Waals surface area contributed by atoms with Gasteiger partial charge in [-0.25, -0.2) is 9.97 Å². The summed E-state index contributed by atoms with van der Waals surface area (Å²) in [4.78, 5) is 32.0. The molecule has 0 saturated heterocycles. The number of carbonyl (C=O) groups is 2. The Bertz CT molecular complexity index is 1020. The van der Waals surface area contributed by atoms with E-state index in [-0.39, 0.29) is 17.5 Å². The van der Waals surface area contributed by atoms with Gasteiger partial charge in [0.2, 0.25) is 5.91 Å². The molecular weight excluding hydrogens is 370 g/mol. The van der Waals surface area contributed by atoms with Gasteiger partial charge in [-0.05, 0) is 37.3 Å². The van der Waals surface area contributed by atoms with Crippen LogP contribution in [-0.4, -0.2) is 28.4 Å². The molecule has 0 radical (unpaired) electrons. The van der Waals surface area contributed by atoms with Gasteiger partial charge in [-0.1, -0.05) is 18.2 Å². The molecule has 0 spiro atoms. The first-order valence-electron chi connectivity index (χ1n) is 9.05. The van der Waals surface area contributed by atoms with Crippen molar-refractivity contribution in [2.45, 2.75) is 13.8 Å². The average molecular weight is 391 g/mol. The van der Waals surface area contributed by atoms with Crippen LogP contribution in [0.25, 0.3) is 0 Å². The second-order valence-electron chi connectivity index (χ2n) is 6.06. The maximum absolute atomic E-state index is 12.6. The Hall–Kier alpha value is -3.94. The van der Waals surface area contributed by atoms with Crippen LogP contribution in [0.4, 0.5) is 22.9 Å². The van der Waals surface area contributed by atoms with Crippen LogP contribution in [0.15, 0.2) is 60.9 Å². The molecular formula is C21H21N5O3. The highest BCUT2D eigenvalue weighted by Gasteiger charge is 2.12. The SMILES string of the molecule is CCOc1ccccc1NC(=O)c1cc(Nc2cccc(NC(C)=O)c2)ncn1. The van der Waals surface area contributed by atoms with E-state index in [4.69, 9.17) is 4.74 Å². The molecule has 0 aliphatic carbocycles. The summed E-state index contributed by atoms with van der Waals surface area (Å²) < 4.78 is 5.53. The van der Waals surface area contributed by atoms with Crippen molar-refractivity contribution in [2.75, 3.05) is 22.6 Å². The van der Waals surface area contributed by atoms with E-state index >= 15 is 0 Å². The number of benzene rings is 2. The van der Waals surface area contributed by atoms with Crippen LogP contribution < -0.4 is 20.7 Å². The van der Waals surface area contributed by atoms with E-state index in [9.17, 15) is 9.59 Å². The van der Waals surface area contributed by atoms with Crippen molar-refractivity contribution in [3.63, 3.8) is 0 Å². The lowest BCUT2D eigenvalue weighted by Crippen LogP contribution is -2.15. The fourth-order valence-corrected chi connectivity index (χ4v) is 2.61. The molecule has 0 saturated carbocycles. The highest BCUT2D eigenvalue weighted by molar-refractivity contribution is 6.04. The molecule has 8 nitrogen and oxygen atoms in total. The fourth-order valence-electron chi connectivity index (χ4n) is 2.61. The maximum Gasteiger partial charge on any atom is 0.274 e. The van der Waals surface area contributed by atoms with Crippen molar-refractivity contribution in [1.82, 2.24) is 9.97 Å². The van der Waals surface area contributed by atoms with E-state index in [0.29, 0.717) is 35.2 Å².